The standard InChI is InChI=1S/C13H11NO2S/c1-9-4-5-11-10(7-9)8-12(15)14(16-11)13-3-2-6-17-13/h2-7H,8H2,1H3. The Labute approximate surface area is 103 Å². The fraction of sp³-hybridized carbons (Fsp3) is 0.154. The van der Waals surface area contributed by atoms with Crippen LogP contribution in [0.25, 0.3) is 0 Å². The van der Waals surface area contributed by atoms with Gasteiger partial charge in [-0.15, -0.1) is 16.4 Å². The normalized spacial score (nSPS) is 14.4. The Morgan fingerprint density at radius 2 is 2.24 bits per heavy atom. The molecule has 0 bridgehead atoms. The molecule has 0 unspecified atom stereocenters. The van der Waals surface area contributed by atoms with Crippen LogP contribution in [0.5, 0.6) is 5.75 Å². The highest BCUT2D eigenvalue weighted by molar-refractivity contribution is 7.14. The summed E-state index contributed by atoms with van der Waals surface area (Å²) in [4.78, 5) is 17.6. The number of amides is 1. The second kappa shape index (κ2) is 3.89. The van der Waals surface area contributed by atoms with E-state index < -0.39 is 0 Å². The quantitative estimate of drug-likeness (QED) is 0.773. The number of anilines is 1. The second-order valence-electron chi connectivity index (χ2n) is 4.02. The Morgan fingerprint density at radius 1 is 1.35 bits per heavy atom. The van der Waals surface area contributed by atoms with Crippen LogP contribution in [-0.2, 0) is 11.2 Å². The van der Waals surface area contributed by atoms with Gasteiger partial charge >= 0.3 is 0 Å². The Morgan fingerprint density at radius 3 is 3.00 bits per heavy atom. The highest BCUT2D eigenvalue weighted by Crippen LogP contribution is 2.31. The monoisotopic (exact) mass is 245 g/mol. The van der Waals surface area contributed by atoms with Crippen molar-refractivity contribution in [1.29, 1.82) is 0 Å². The summed E-state index contributed by atoms with van der Waals surface area (Å²) in [6, 6.07) is 9.68. The zero-order chi connectivity index (χ0) is 11.8. The number of hydroxylamine groups is 1. The van der Waals surface area contributed by atoms with E-state index in [-0.39, 0.29) is 5.91 Å². The minimum absolute atomic E-state index is 0.0226. The van der Waals surface area contributed by atoms with Crippen molar-refractivity contribution in [2.75, 3.05) is 5.06 Å². The molecular weight excluding hydrogens is 234 g/mol. The van der Waals surface area contributed by atoms with Gasteiger partial charge in [0.25, 0.3) is 5.91 Å². The number of carbonyl (C=O) groups is 1. The summed E-state index contributed by atoms with van der Waals surface area (Å²) < 4.78 is 0. The maximum atomic E-state index is 12.0. The molecule has 1 aromatic heterocycles. The smallest absolute Gasteiger partial charge is 0.265 e. The maximum Gasteiger partial charge on any atom is 0.265 e. The van der Waals surface area contributed by atoms with E-state index in [1.54, 1.807) is 0 Å². The van der Waals surface area contributed by atoms with Crippen LogP contribution in [0.2, 0.25) is 0 Å². The summed E-state index contributed by atoms with van der Waals surface area (Å²) >= 11 is 1.49. The molecule has 0 saturated carbocycles. The van der Waals surface area contributed by atoms with Crippen LogP contribution >= 0.6 is 11.3 Å². The topological polar surface area (TPSA) is 29.5 Å². The van der Waals surface area contributed by atoms with Crippen molar-refractivity contribution in [2.45, 2.75) is 13.3 Å². The number of aryl methyl sites for hydroxylation is 1. The summed E-state index contributed by atoms with van der Waals surface area (Å²) in [5, 5.41) is 4.13. The van der Waals surface area contributed by atoms with Crippen molar-refractivity contribution in [3.8, 4) is 5.75 Å². The lowest BCUT2D eigenvalue weighted by atomic mass is 10.1. The predicted molar refractivity (Wildman–Crippen MR) is 67.3 cm³/mol. The average molecular weight is 245 g/mol. The SMILES string of the molecule is Cc1ccc2c(c1)CC(=O)N(c1cccs1)O2. The summed E-state index contributed by atoms with van der Waals surface area (Å²) in [5.74, 6) is 0.745. The first-order valence-electron chi connectivity index (χ1n) is 5.38. The van der Waals surface area contributed by atoms with Gasteiger partial charge in [-0.05, 0) is 30.5 Å². The van der Waals surface area contributed by atoms with Crippen molar-refractivity contribution in [2.24, 2.45) is 0 Å². The molecule has 17 heavy (non-hydrogen) atoms. The third kappa shape index (κ3) is 1.80. The minimum atomic E-state index is -0.0226. The van der Waals surface area contributed by atoms with Gasteiger partial charge < -0.3 is 4.84 Å². The third-order valence-corrected chi connectivity index (χ3v) is 3.52. The van der Waals surface area contributed by atoms with E-state index in [4.69, 9.17) is 4.84 Å². The molecule has 1 aliphatic rings. The zero-order valence-corrected chi connectivity index (χ0v) is 10.2. The van der Waals surface area contributed by atoms with E-state index in [2.05, 4.69) is 0 Å². The van der Waals surface area contributed by atoms with Gasteiger partial charge in [-0.1, -0.05) is 17.7 Å². The summed E-state index contributed by atoms with van der Waals surface area (Å²) in [7, 11) is 0. The van der Waals surface area contributed by atoms with Crippen LogP contribution in [0.4, 0.5) is 5.00 Å². The van der Waals surface area contributed by atoms with Crippen LogP contribution < -0.4 is 9.90 Å². The number of nitrogens with zero attached hydrogens (tertiary/aromatic N) is 1. The van der Waals surface area contributed by atoms with Crippen molar-refractivity contribution in [3.63, 3.8) is 0 Å². The molecule has 3 nitrogen and oxygen atoms in total. The van der Waals surface area contributed by atoms with Crippen LogP contribution in [0, 0.1) is 6.92 Å². The first-order valence-corrected chi connectivity index (χ1v) is 6.26. The Balaban J connectivity index is 1.98. The number of rotatable bonds is 1. The number of hydrogen-bond donors (Lipinski definition) is 0. The fourth-order valence-corrected chi connectivity index (χ4v) is 2.56. The highest BCUT2D eigenvalue weighted by atomic mass is 32.1. The van der Waals surface area contributed by atoms with E-state index in [9.17, 15) is 4.79 Å². The average Bonchev–Trinajstić information content (AvgIpc) is 2.81. The molecule has 0 radical (unpaired) electrons. The third-order valence-electron chi connectivity index (χ3n) is 2.68. The molecule has 3 rings (SSSR count). The Bertz CT molecular complexity index is 563. The Hall–Kier alpha value is -1.81. The molecule has 0 fully saturated rings. The van der Waals surface area contributed by atoms with Gasteiger partial charge in [0.2, 0.25) is 0 Å². The number of fused-ring (bicyclic) bond motifs is 1. The highest BCUT2D eigenvalue weighted by Gasteiger charge is 2.26. The molecular formula is C13H11NO2S. The van der Waals surface area contributed by atoms with Gasteiger partial charge in [0.15, 0.2) is 5.75 Å². The lowest BCUT2D eigenvalue weighted by molar-refractivity contribution is -0.123. The van der Waals surface area contributed by atoms with Gasteiger partial charge in [-0.3, -0.25) is 4.79 Å². The summed E-state index contributed by atoms with van der Waals surface area (Å²) in [6.45, 7) is 2.01. The van der Waals surface area contributed by atoms with E-state index >= 15 is 0 Å². The van der Waals surface area contributed by atoms with E-state index in [1.165, 1.54) is 16.4 Å². The molecule has 2 aromatic rings. The van der Waals surface area contributed by atoms with Gasteiger partial charge in [0.05, 0.1) is 6.42 Å². The van der Waals surface area contributed by atoms with E-state index in [0.29, 0.717) is 6.42 Å². The molecule has 2 heterocycles. The Kier molecular flexibility index (Phi) is 2.37. The van der Waals surface area contributed by atoms with Crippen molar-refractivity contribution in [1.82, 2.24) is 0 Å². The number of benzene rings is 1. The molecule has 1 aromatic carbocycles. The number of carbonyl (C=O) groups excluding carboxylic acids is 1. The predicted octanol–water partition coefficient (Wildman–Crippen LogP) is 2.94. The zero-order valence-electron chi connectivity index (χ0n) is 9.34. The molecule has 0 spiro atoms. The first-order chi connectivity index (χ1) is 8.24. The molecule has 86 valence electrons. The number of hydrogen-bond acceptors (Lipinski definition) is 3. The molecule has 0 aliphatic carbocycles. The van der Waals surface area contributed by atoms with Gasteiger partial charge in [0, 0.05) is 5.56 Å². The van der Waals surface area contributed by atoms with Crippen LogP contribution in [-0.4, -0.2) is 5.91 Å². The van der Waals surface area contributed by atoms with Crippen molar-refractivity contribution in [3.05, 3.63) is 46.8 Å². The van der Waals surface area contributed by atoms with Crippen molar-refractivity contribution >= 4 is 22.2 Å². The van der Waals surface area contributed by atoms with E-state index in [0.717, 1.165) is 21.9 Å². The molecule has 1 aliphatic heterocycles. The number of thiophene rings is 1. The fourth-order valence-electron chi connectivity index (χ4n) is 1.87. The minimum Gasteiger partial charge on any atom is -0.371 e. The molecule has 1 amide bonds. The molecule has 4 heteroatoms. The summed E-state index contributed by atoms with van der Waals surface area (Å²) in [6.07, 6.45) is 0.398. The van der Waals surface area contributed by atoms with E-state index in [1.807, 2.05) is 42.6 Å². The maximum absolute atomic E-state index is 12.0. The lowest BCUT2D eigenvalue weighted by Gasteiger charge is -2.26. The van der Waals surface area contributed by atoms with Gasteiger partial charge in [0.1, 0.15) is 5.00 Å². The molecule has 0 N–H and O–H groups in total. The lowest BCUT2D eigenvalue weighted by Crippen LogP contribution is -2.38. The largest absolute Gasteiger partial charge is 0.371 e. The van der Waals surface area contributed by atoms with Crippen LogP contribution in [0.3, 0.4) is 0 Å². The molecule has 0 atom stereocenters. The summed E-state index contributed by atoms with van der Waals surface area (Å²) in [5.41, 5.74) is 2.10. The van der Waals surface area contributed by atoms with Crippen LogP contribution in [0.15, 0.2) is 35.7 Å². The van der Waals surface area contributed by atoms with Gasteiger partial charge in [-0.25, -0.2) is 0 Å². The van der Waals surface area contributed by atoms with Crippen molar-refractivity contribution < 1.29 is 9.63 Å². The second-order valence-corrected chi connectivity index (χ2v) is 4.94. The molecule has 0 saturated heterocycles. The van der Waals surface area contributed by atoms with Crippen LogP contribution in [0.1, 0.15) is 11.1 Å². The van der Waals surface area contributed by atoms with Gasteiger partial charge in [-0.2, -0.15) is 0 Å². The first kappa shape index (κ1) is 10.4.